The second-order valence-electron chi connectivity index (χ2n) is 6.72. The summed E-state index contributed by atoms with van der Waals surface area (Å²) < 4.78 is 0. The van der Waals surface area contributed by atoms with Crippen LogP contribution < -0.4 is 0 Å². The summed E-state index contributed by atoms with van der Waals surface area (Å²) in [5.74, 6) is 0.415. The van der Waals surface area contributed by atoms with Gasteiger partial charge < -0.3 is 5.11 Å². The van der Waals surface area contributed by atoms with Crippen LogP contribution in [0.3, 0.4) is 0 Å². The van der Waals surface area contributed by atoms with Crippen molar-refractivity contribution in [3.63, 3.8) is 0 Å². The molecule has 2 bridgehead atoms. The average molecular weight is 273 g/mol. The third kappa shape index (κ3) is 2.14. The molecule has 1 saturated heterocycles. The molecule has 1 aromatic carbocycles. The molecule has 2 fully saturated rings. The Hall–Kier alpha value is -1.02. The Morgan fingerprint density at radius 3 is 3.00 bits per heavy atom. The van der Waals surface area contributed by atoms with E-state index >= 15 is 0 Å². The van der Waals surface area contributed by atoms with Crippen LogP contribution in [0.2, 0.25) is 0 Å². The van der Waals surface area contributed by atoms with Gasteiger partial charge in [-0.3, -0.25) is 4.90 Å². The Kier molecular flexibility index (Phi) is 3.76. The van der Waals surface area contributed by atoms with Gasteiger partial charge in [0.1, 0.15) is 5.75 Å². The number of hydrogen-bond donors (Lipinski definition) is 1. The van der Waals surface area contributed by atoms with Gasteiger partial charge in [0.15, 0.2) is 0 Å². The molecule has 0 radical (unpaired) electrons. The number of rotatable bonds is 4. The molecule has 1 aliphatic heterocycles. The van der Waals surface area contributed by atoms with E-state index in [9.17, 15) is 5.11 Å². The normalized spacial score (nSPS) is 33.5. The highest BCUT2D eigenvalue weighted by Gasteiger charge is 2.52. The standard InChI is InChI=1S/C18H27NO/c1-3-4-11-19-14(2)18(10-6-8-16(19)13-18)15-7-5-9-17(20)12-15/h5,7,9,12,14,16,20H,3-4,6,8,10-11,13H2,1-2H3. The predicted molar refractivity (Wildman–Crippen MR) is 83.1 cm³/mol. The molecule has 2 heteroatoms. The maximum atomic E-state index is 9.85. The lowest BCUT2D eigenvalue weighted by molar-refractivity contribution is 0.189. The van der Waals surface area contributed by atoms with Crippen LogP contribution in [-0.2, 0) is 5.41 Å². The van der Waals surface area contributed by atoms with Crippen molar-refractivity contribution in [2.24, 2.45) is 0 Å². The van der Waals surface area contributed by atoms with Crippen LogP contribution >= 0.6 is 0 Å². The molecule has 1 aromatic rings. The summed E-state index contributed by atoms with van der Waals surface area (Å²) in [7, 11) is 0. The SMILES string of the molecule is CCCCN1C2CCCC(c3cccc(O)c3)(C2)C1C. The van der Waals surface area contributed by atoms with Crippen LogP contribution in [-0.4, -0.2) is 28.6 Å². The molecule has 0 amide bonds. The minimum absolute atomic E-state index is 0.273. The van der Waals surface area contributed by atoms with E-state index in [1.165, 1.54) is 50.6 Å². The Labute approximate surface area is 122 Å². The predicted octanol–water partition coefficient (Wildman–Crippen LogP) is 4.08. The van der Waals surface area contributed by atoms with E-state index < -0.39 is 0 Å². The minimum Gasteiger partial charge on any atom is -0.508 e. The first-order chi connectivity index (χ1) is 9.67. The Morgan fingerprint density at radius 1 is 1.40 bits per heavy atom. The lowest BCUT2D eigenvalue weighted by atomic mass is 9.67. The van der Waals surface area contributed by atoms with Crippen LogP contribution in [0, 0.1) is 0 Å². The summed E-state index contributed by atoms with van der Waals surface area (Å²) >= 11 is 0. The van der Waals surface area contributed by atoms with Gasteiger partial charge in [-0.2, -0.15) is 0 Å². The average Bonchev–Trinajstić information content (AvgIpc) is 2.65. The molecule has 2 nitrogen and oxygen atoms in total. The van der Waals surface area contributed by atoms with Gasteiger partial charge in [-0.1, -0.05) is 31.9 Å². The first-order valence-corrected chi connectivity index (χ1v) is 8.22. The fraction of sp³-hybridized carbons (Fsp3) is 0.667. The summed E-state index contributed by atoms with van der Waals surface area (Å²) in [5.41, 5.74) is 1.63. The molecule has 3 atom stereocenters. The minimum atomic E-state index is 0.273. The van der Waals surface area contributed by atoms with Crippen molar-refractivity contribution < 1.29 is 5.11 Å². The molecule has 110 valence electrons. The molecule has 3 unspecified atom stereocenters. The van der Waals surface area contributed by atoms with E-state index in [0.717, 1.165) is 6.04 Å². The zero-order valence-electron chi connectivity index (χ0n) is 12.8. The molecule has 1 aliphatic carbocycles. The van der Waals surface area contributed by atoms with Gasteiger partial charge in [-0.15, -0.1) is 0 Å². The Morgan fingerprint density at radius 2 is 2.25 bits per heavy atom. The molecule has 3 rings (SSSR count). The molecule has 0 spiro atoms. The summed E-state index contributed by atoms with van der Waals surface area (Å²) in [6, 6.07) is 9.37. The van der Waals surface area contributed by atoms with E-state index in [-0.39, 0.29) is 5.41 Å². The molecule has 1 heterocycles. The fourth-order valence-corrected chi connectivity index (χ4v) is 4.61. The maximum Gasteiger partial charge on any atom is 0.115 e. The summed E-state index contributed by atoms with van der Waals surface area (Å²) in [6.45, 7) is 5.92. The van der Waals surface area contributed by atoms with E-state index in [1.54, 1.807) is 6.07 Å². The van der Waals surface area contributed by atoms with Crippen LogP contribution in [0.25, 0.3) is 0 Å². The molecule has 2 aliphatic rings. The van der Waals surface area contributed by atoms with E-state index in [0.29, 0.717) is 11.8 Å². The zero-order valence-corrected chi connectivity index (χ0v) is 12.8. The number of likely N-dealkylation sites (tertiary alicyclic amines) is 1. The first kappa shape index (κ1) is 13.9. The molecule has 0 aromatic heterocycles. The van der Waals surface area contributed by atoms with Crippen molar-refractivity contribution in [2.75, 3.05) is 6.54 Å². The Bertz CT molecular complexity index is 472. The van der Waals surface area contributed by atoms with Crippen molar-refractivity contribution in [2.45, 2.75) is 69.9 Å². The van der Waals surface area contributed by atoms with E-state index in [1.807, 2.05) is 12.1 Å². The van der Waals surface area contributed by atoms with Gasteiger partial charge in [0.05, 0.1) is 0 Å². The van der Waals surface area contributed by atoms with Gasteiger partial charge in [0, 0.05) is 17.5 Å². The molecule has 1 saturated carbocycles. The van der Waals surface area contributed by atoms with E-state index in [4.69, 9.17) is 0 Å². The second kappa shape index (κ2) is 5.40. The number of hydrogen-bond acceptors (Lipinski definition) is 2. The summed E-state index contributed by atoms with van der Waals surface area (Å²) in [4.78, 5) is 2.75. The van der Waals surface area contributed by atoms with Gasteiger partial charge in [0.25, 0.3) is 0 Å². The number of unbranched alkanes of at least 4 members (excludes halogenated alkanes) is 1. The van der Waals surface area contributed by atoms with E-state index in [2.05, 4.69) is 24.8 Å². The maximum absolute atomic E-state index is 9.85. The lowest BCUT2D eigenvalue weighted by Gasteiger charge is -2.36. The highest BCUT2D eigenvalue weighted by molar-refractivity contribution is 5.37. The number of benzene rings is 1. The summed E-state index contributed by atoms with van der Waals surface area (Å²) in [6.07, 6.45) is 7.81. The largest absolute Gasteiger partial charge is 0.508 e. The number of fused-ring (bicyclic) bond motifs is 2. The van der Waals surface area contributed by atoms with Crippen LogP contribution in [0.4, 0.5) is 0 Å². The van der Waals surface area contributed by atoms with Gasteiger partial charge in [-0.05, 0) is 56.8 Å². The Balaban J connectivity index is 1.92. The molecular weight excluding hydrogens is 246 g/mol. The molecular formula is C18H27NO. The zero-order chi connectivity index (χ0) is 14.2. The molecule has 20 heavy (non-hydrogen) atoms. The van der Waals surface area contributed by atoms with Crippen molar-refractivity contribution >= 4 is 0 Å². The monoisotopic (exact) mass is 273 g/mol. The van der Waals surface area contributed by atoms with Crippen LogP contribution in [0.1, 0.15) is 57.9 Å². The highest BCUT2D eigenvalue weighted by Crippen LogP contribution is 2.51. The third-order valence-electron chi connectivity index (χ3n) is 5.72. The lowest BCUT2D eigenvalue weighted by Crippen LogP contribution is -2.40. The van der Waals surface area contributed by atoms with Crippen molar-refractivity contribution in [1.82, 2.24) is 4.90 Å². The number of nitrogens with zero attached hydrogens (tertiary/aromatic N) is 1. The highest BCUT2D eigenvalue weighted by atomic mass is 16.3. The van der Waals surface area contributed by atoms with Crippen molar-refractivity contribution in [1.29, 1.82) is 0 Å². The van der Waals surface area contributed by atoms with Gasteiger partial charge in [0.2, 0.25) is 0 Å². The van der Waals surface area contributed by atoms with Crippen LogP contribution in [0.15, 0.2) is 24.3 Å². The fourth-order valence-electron chi connectivity index (χ4n) is 4.61. The van der Waals surface area contributed by atoms with Gasteiger partial charge >= 0.3 is 0 Å². The topological polar surface area (TPSA) is 23.5 Å². The smallest absolute Gasteiger partial charge is 0.115 e. The third-order valence-corrected chi connectivity index (χ3v) is 5.72. The number of phenols is 1. The van der Waals surface area contributed by atoms with Crippen molar-refractivity contribution in [3.05, 3.63) is 29.8 Å². The quantitative estimate of drug-likeness (QED) is 0.893. The molecule has 1 N–H and O–H groups in total. The van der Waals surface area contributed by atoms with Crippen LogP contribution in [0.5, 0.6) is 5.75 Å². The van der Waals surface area contributed by atoms with Gasteiger partial charge in [-0.25, -0.2) is 0 Å². The summed E-state index contributed by atoms with van der Waals surface area (Å²) in [5, 5.41) is 9.85. The second-order valence-corrected chi connectivity index (χ2v) is 6.72. The first-order valence-electron chi connectivity index (χ1n) is 8.22. The number of aromatic hydroxyl groups is 1. The van der Waals surface area contributed by atoms with Crippen molar-refractivity contribution in [3.8, 4) is 5.75 Å². The number of phenolic OH excluding ortho intramolecular Hbond substituents is 1.